The molecule has 0 aliphatic heterocycles. The topological polar surface area (TPSA) is 51.0 Å². The Kier molecular flexibility index (Phi) is 1.55. The second-order valence-electron chi connectivity index (χ2n) is 2.90. The van der Waals surface area contributed by atoms with Gasteiger partial charge in [0.1, 0.15) is 5.52 Å². The number of benzene rings is 1. The van der Waals surface area contributed by atoms with Gasteiger partial charge in [-0.1, -0.05) is 18.2 Å². The molecular formula is C9H8N2O2. The molecule has 66 valence electrons. The number of hydrogen-bond donors (Lipinski definition) is 0. The maximum Gasteiger partial charge on any atom is 0.260 e. The maximum absolute atomic E-state index is 11.2. The van der Waals surface area contributed by atoms with Crippen molar-refractivity contribution in [3.63, 3.8) is 0 Å². The van der Waals surface area contributed by atoms with Gasteiger partial charge in [-0.15, -0.1) is 4.85 Å². The average molecular weight is 176 g/mol. The summed E-state index contributed by atoms with van der Waals surface area (Å²) in [6.45, 7) is 1.80. The molecule has 1 aromatic carbocycles. The standard InChI is InChI=1S/C9H8N2O2/c1-7-6-10(12)11(13)9-5-3-2-4-8(7)9/h2-6H,1H3. The van der Waals surface area contributed by atoms with Crippen molar-refractivity contribution in [2.45, 2.75) is 6.92 Å². The third kappa shape index (κ3) is 1.07. The van der Waals surface area contributed by atoms with Gasteiger partial charge < -0.3 is 5.21 Å². The van der Waals surface area contributed by atoms with Crippen molar-refractivity contribution in [3.8, 4) is 0 Å². The molecule has 4 heteroatoms. The zero-order valence-electron chi connectivity index (χ0n) is 7.10. The summed E-state index contributed by atoms with van der Waals surface area (Å²) < 4.78 is 0.289. The summed E-state index contributed by atoms with van der Waals surface area (Å²) in [6, 6.07) is 7.02. The fourth-order valence-corrected chi connectivity index (χ4v) is 1.37. The van der Waals surface area contributed by atoms with Crippen LogP contribution in [0.4, 0.5) is 0 Å². The van der Waals surface area contributed by atoms with E-state index in [-0.39, 0.29) is 4.54 Å². The maximum atomic E-state index is 11.2. The molecule has 0 N–H and O–H groups in total. The Morgan fingerprint density at radius 2 is 2.08 bits per heavy atom. The predicted octanol–water partition coefficient (Wildman–Crippen LogP) is 1.21. The Morgan fingerprint density at radius 1 is 1.38 bits per heavy atom. The average Bonchev–Trinajstić information content (AvgIpc) is 2.15. The number of aromatic nitrogens is 2. The number of para-hydroxylation sites is 1. The van der Waals surface area contributed by atoms with Crippen LogP contribution in [0.2, 0.25) is 0 Å². The summed E-state index contributed by atoms with van der Waals surface area (Å²) in [6.07, 6.45) is 1.27. The Labute approximate surface area is 74.2 Å². The number of nitrogens with zero attached hydrogens (tertiary/aromatic N) is 2. The fourth-order valence-electron chi connectivity index (χ4n) is 1.37. The smallest absolute Gasteiger partial charge is 0.260 e. The molecule has 0 bridgehead atoms. The highest BCUT2D eigenvalue weighted by Crippen LogP contribution is 2.13. The molecule has 13 heavy (non-hydrogen) atoms. The van der Waals surface area contributed by atoms with Crippen molar-refractivity contribution in [1.29, 1.82) is 0 Å². The molecule has 0 saturated heterocycles. The molecule has 4 nitrogen and oxygen atoms in total. The van der Waals surface area contributed by atoms with E-state index >= 15 is 0 Å². The van der Waals surface area contributed by atoms with Gasteiger partial charge >= 0.3 is 0 Å². The fraction of sp³-hybridized carbons (Fsp3) is 0.111. The summed E-state index contributed by atoms with van der Waals surface area (Å²) in [4.78, 5) is 11.4. The lowest BCUT2D eigenvalue weighted by Crippen LogP contribution is -2.27. The quantitative estimate of drug-likeness (QED) is 0.566. The van der Waals surface area contributed by atoms with E-state index in [4.69, 9.17) is 0 Å². The van der Waals surface area contributed by atoms with Crippen molar-refractivity contribution in [2.24, 2.45) is 0 Å². The third-order valence-corrected chi connectivity index (χ3v) is 2.02. The van der Waals surface area contributed by atoms with E-state index in [1.807, 2.05) is 12.1 Å². The van der Waals surface area contributed by atoms with Crippen LogP contribution in [-0.2, 0) is 0 Å². The first-order valence-electron chi connectivity index (χ1n) is 3.91. The zero-order chi connectivity index (χ0) is 9.42. The summed E-state index contributed by atoms with van der Waals surface area (Å²) >= 11 is 0. The molecule has 0 unspecified atom stereocenters. The number of aryl methyl sites for hydroxylation is 1. The Balaban J connectivity index is 3.06. The van der Waals surface area contributed by atoms with Crippen molar-refractivity contribution in [3.05, 3.63) is 46.1 Å². The Morgan fingerprint density at radius 3 is 2.85 bits per heavy atom. The third-order valence-electron chi connectivity index (χ3n) is 2.02. The SMILES string of the molecule is Cc1c[n+](=O)n([O-])c2ccccc12. The largest absolute Gasteiger partial charge is 0.755 e. The summed E-state index contributed by atoms with van der Waals surface area (Å²) in [5, 5.41) is 12.1. The highest BCUT2D eigenvalue weighted by molar-refractivity contribution is 5.81. The molecule has 0 radical (unpaired) electrons. The number of fused-ring (bicyclic) bond motifs is 1. The Bertz CT molecular complexity index is 516. The first-order chi connectivity index (χ1) is 6.20. The van der Waals surface area contributed by atoms with Crippen LogP contribution >= 0.6 is 0 Å². The Hall–Kier alpha value is -1.84. The van der Waals surface area contributed by atoms with Crippen LogP contribution in [0.3, 0.4) is 0 Å². The molecule has 0 atom stereocenters. The molecule has 1 aromatic heterocycles. The summed E-state index contributed by atoms with van der Waals surface area (Å²) in [5.41, 5.74) is 1.20. The van der Waals surface area contributed by atoms with E-state index in [0.29, 0.717) is 10.4 Å². The van der Waals surface area contributed by atoms with Gasteiger partial charge in [0.15, 0.2) is 4.54 Å². The van der Waals surface area contributed by atoms with Gasteiger partial charge in [0.2, 0.25) is 0 Å². The van der Waals surface area contributed by atoms with Gasteiger partial charge in [-0.2, -0.15) is 0 Å². The van der Waals surface area contributed by atoms with Gasteiger partial charge in [0, 0.05) is 10.9 Å². The minimum atomic E-state index is 0.289. The van der Waals surface area contributed by atoms with Crippen LogP contribution in [0.15, 0.2) is 30.5 Å². The lowest BCUT2D eigenvalue weighted by Gasteiger charge is -2.05. The minimum Gasteiger partial charge on any atom is -0.755 e. The van der Waals surface area contributed by atoms with Crippen molar-refractivity contribution < 1.29 is 4.54 Å². The van der Waals surface area contributed by atoms with E-state index in [1.54, 1.807) is 19.1 Å². The van der Waals surface area contributed by atoms with Gasteiger partial charge in [-0.25, -0.2) is 0 Å². The molecule has 2 rings (SSSR count). The van der Waals surface area contributed by atoms with E-state index in [9.17, 15) is 10.1 Å². The van der Waals surface area contributed by atoms with Crippen LogP contribution in [-0.4, -0.2) is 4.85 Å². The second-order valence-corrected chi connectivity index (χ2v) is 2.90. The highest BCUT2D eigenvalue weighted by atomic mass is 16.5. The molecule has 0 amide bonds. The van der Waals surface area contributed by atoms with E-state index < -0.39 is 0 Å². The lowest BCUT2D eigenvalue weighted by molar-refractivity contribution is -0.584. The van der Waals surface area contributed by atoms with Crippen molar-refractivity contribution in [2.75, 3.05) is 0 Å². The first-order valence-corrected chi connectivity index (χ1v) is 3.91. The van der Waals surface area contributed by atoms with E-state index in [0.717, 1.165) is 10.9 Å². The molecule has 0 fully saturated rings. The summed E-state index contributed by atoms with van der Waals surface area (Å²) in [5.74, 6) is 0. The van der Waals surface area contributed by atoms with Crippen LogP contribution in [0.25, 0.3) is 10.9 Å². The second kappa shape index (κ2) is 2.58. The van der Waals surface area contributed by atoms with Crippen LogP contribution < -0.4 is 4.54 Å². The zero-order valence-corrected chi connectivity index (χ0v) is 7.10. The van der Waals surface area contributed by atoms with E-state index in [2.05, 4.69) is 0 Å². The van der Waals surface area contributed by atoms with Crippen LogP contribution in [0.1, 0.15) is 5.56 Å². The molecule has 1 heterocycles. The van der Waals surface area contributed by atoms with Crippen LogP contribution in [0, 0.1) is 17.0 Å². The van der Waals surface area contributed by atoms with Crippen molar-refractivity contribution in [1.82, 2.24) is 4.85 Å². The molecular weight excluding hydrogens is 168 g/mol. The predicted molar refractivity (Wildman–Crippen MR) is 48.8 cm³/mol. The molecule has 0 aliphatic carbocycles. The molecule has 2 aromatic rings. The number of hydrogen-bond acceptors (Lipinski definition) is 2. The monoisotopic (exact) mass is 176 g/mol. The highest BCUT2D eigenvalue weighted by Gasteiger charge is 2.05. The van der Waals surface area contributed by atoms with Gasteiger partial charge in [-0.3, -0.25) is 0 Å². The molecule has 0 saturated carbocycles. The van der Waals surface area contributed by atoms with Gasteiger partial charge in [0.25, 0.3) is 6.20 Å². The van der Waals surface area contributed by atoms with Crippen molar-refractivity contribution >= 4 is 10.9 Å². The minimum absolute atomic E-state index is 0.289. The van der Waals surface area contributed by atoms with Crippen LogP contribution in [0.5, 0.6) is 0 Å². The first kappa shape index (κ1) is 7.79. The summed E-state index contributed by atoms with van der Waals surface area (Å²) in [7, 11) is 0. The number of rotatable bonds is 0. The molecule has 0 aliphatic rings. The lowest BCUT2D eigenvalue weighted by atomic mass is 10.1. The molecule has 0 spiro atoms. The van der Waals surface area contributed by atoms with E-state index in [1.165, 1.54) is 6.20 Å². The normalized spacial score (nSPS) is 10.5. The van der Waals surface area contributed by atoms with Gasteiger partial charge in [0.05, 0.1) is 4.91 Å². The van der Waals surface area contributed by atoms with Gasteiger partial charge in [-0.05, 0) is 13.0 Å².